The summed E-state index contributed by atoms with van der Waals surface area (Å²) in [7, 11) is -1.40. The Morgan fingerprint density at radius 2 is 1.85 bits per heavy atom. The van der Waals surface area contributed by atoms with Gasteiger partial charge in [0.05, 0.1) is 23.4 Å². The lowest BCUT2D eigenvalue weighted by Crippen LogP contribution is -3.06. The van der Waals surface area contributed by atoms with E-state index in [4.69, 9.17) is 19.0 Å². The summed E-state index contributed by atoms with van der Waals surface area (Å²) in [4.78, 5) is 28.2. The number of carbonyl (C=O) groups is 1. The topological polar surface area (TPSA) is 150 Å². The number of ether oxygens (including phenoxy) is 3. The van der Waals surface area contributed by atoms with Crippen LogP contribution in [0.15, 0.2) is 152 Å². The highest BCUT2D eigenvalue weighted by molar-refractivity contribution is 7.90. The molecule has 2 saturated heterocycles. The average Bonchev–Trinajstić information content (AvgIpc) is 3.78. The summed E-state index contributed by atoms with van der Waals surface area (Å²) < 4.78 is 51.6. The number of methoxy groups -OCH3 is 1. The van der Waals surface area contributed by atoms with Crippen molar-refractivity contribution >= 4 is 44.9 Å². The van der Waals surface area contributed by atoms with Crippen LogP contribution in [0, 0.1) is 5.92 Å². The first-order valence-electron chi connectivity index (χ1n) is 20.5. The lowest BCUT2D eigenvalue weighted by molar-refractivity contribution is -1.05. The Morgan fingerprint density at radius 1 is 1.03 bits per heavy atom. The minimum Gasteiger partial charge on any atom is -0.442 e. The first-order valence-corrected chi connectivity index (χ1v) is 22.0. The molecule has 316 valence electrons. The maximum atomic E-state index is 14.0. The monoisotopic (exact) mass is 853 g/mol. The van der Waals surface area contributed by atoms with E-state index >= 15 is 0 Å². The van der Waals surface area contributed by atoms with Gasteiger partial charge >= 0.3 is 5.84 Å². The lowest BCUT2D eigenvalue weighted by Gasteiger charge is -2.38. The quantitative estimate of drug-likeness (QED) is 0.0940. The number of hydrogen-bond acceptors (Lipinski definition) is 11. The molecule has 4 heterocycles. The Labute approximate surface area is 360 Å². The standard InChI is InChI=1S/C47H45N7O7S/c1-58-33-54(59-2)44-29-40(14-16-43(44)49-30-34-18-25-60-26-19-34)62(56,57)51-47(55)41-15-13-38(28-45(41)61-39-27-37-17-20-48-46(37)50-31-39)53-23-21-52(22-24-53)32-42(35-9-5-3-6-10-35)36-11-7-4-8-12-36/h3,5-7,9-12,14,16-17,27-29,34,42,49H,18-19,21-26,30,32-33H2,1-2H3/p+2. The molecule has 4 aliphatic heterocycles. The number of nitrogens with one attached hydrogen (secondary N) is 3. The molecule has 0 spiro atoms. The summed E-state index contributed by atoms with van der Waals surface area (Å²) in [5.41, 5.74) is 16.9. The van der Waals surface area contributed by atoms with Crippen molar-refractivity contribution in [1.29, 1.82) is 0 Å². The van der Waals surface area contributed by atoms with Crippen LogP contribution in [0.5, 0.6) is 0 Å². The second-order valence-corrected chi connectivity index (χ2v) is 16.9. The molecular weight excluding hydrogens is 807 g/mol. The number of carbonyl (C=O) groups excluding carboxylic acids is 1. The summed E-state index contributed by atoms with van der Waals surface area (Å²) in [6.07, 6.45) is 12.8. The molecule has 62 heavy (non-hydrogen) atoms. The zero-order chi connectivity index (χ0) is 42.9. The fourth-order valence-electron chi connectivity index (χ4n) is 7.76. The van der Waals surface area contributed by atoms with Crippen LogP contribution in [0.3, 0.4) is 0 Å². The molecule has 0 bridgehead atoms. The molecule has 15 heteroatoms. The van der Waals surface area contributed by atoms with E-state index in [2.05, 4.69) is 94.5 Å². The number of hydrogen-bond donors (Lipinski definition) is 3. The molecule has 6 aliphatic rings. The molecule has 0 saturated carbocycles. The zero-order valence-corrected chi connectivity index (χ0v) is 35.4. The first-order chi connectivity index (χ1) is 30.3. The van der Waals surface area contributed by atoms with Gasteiger partial charge in [0.2, 0.25) is 18.4 Å². The summed E-state index contributed by atoms with van der Waals surface area (Å²) in [6, 6.07) is 15.0. The fourth-order valence-corrected chi connectivity index (χ4v) is 8.75. The van der Waals surface area contributed by atoms with Gasteiger partial charge in [0.25, 0.3) is 15.9 Å². The van der Waals surface area contributed by atoms with Crippen molar-refractivity contribution in [3.63, 3.8) is 0 Å². The number of benzene rings is 2. The van der Waals surface area contributed by atoms with Crippen molar-refractivity contribution in [2.45, 2.75) is 23.7 Å². The minimum atomic E-state index is -4.43. The van der Waals surface area contributed by atoms with E-state index in [0.29, 0.717) is 72.3 Å². The molecule has 14 nitrogen and oxygen atoms in total. The smallest absolute Gasteiger partial charge is 0.442 e. The SMILES string of the molecule is COC[NH+](OC)c1cc(S(=O)(=O)NC(=O)C2=C=C=C(N3CCN(CC(C4=CC=C=C=C4)c4ccccc4)CC3)C=C2OC2=C=[N+]=C3N=C=CC3=C2)ccc1NCC1CCOCC1. The molecule has 2 aromatic carbocycles. The summed E-state index contributed by atoms with van der Waals surface area (Å²) in [6.45, 7) is 5.87. The number of rotatable bonds is 17. The Kier molecular flexibility index (Phi) is 13.3. The molecular formula is C47H47N7O7S+2. The predicted molar refractivity (Wildman–Crippen MR) is 234 cm³/mol. The normalized spacial score (nSPS) is 19.1. The number of aliphatic imine (C=N–C) groups is 1. The van der Waals surface area contributed by atoms with E-state index in [9.17, 15) is 13.2 Å². The number of amidine groups is 1. The Hall–Kier alpha value is -6.44. The second-order valence-electron chi connectivity index (χ2n) is 15.2. The van der Waals surface area contributed by atoms with Crippen LogP contribution in [0.4, 0.5) is 11.4 Å². The summed E-state index contributed by atoms with van der Waals surface area (Å²) >= 11 is 0. The third kappa shape index (κ3) is 10.0. The summed E-state index contributed by atoms with van der Waals surface area (Å²) in [5, 5.41) is 3.88. The van der Waals surface area contributed by atoms with Gasteiger partial charge in [-0.3, -0.25) is 9.69 Å². The van der Waals surface area contributed by atoms with Gasteiger partial charge in [-0.1, -0.05) is 47.5 Å². The van der Waals surface area contributed by atoms with Crippen molar-refractivity contribution in [2.75, 3.05) is 78.7 Å². The van der Waals surface area contributed by atoms with E-state index < -0.39 is 15.9 Å². The largest absolute Gasteiger partial charge is 0.443 e. The first kappa shape index (κ1) is 42.3. The van der Waals surface area contributed by atoms with Crippen LogP contribution in [0.25, 0.3) is 0 Å². The van der Waals surface area contributed by atoms with Gasteiger partial charge in [-0.05, 0) is 66.0 Å². The highest BCUT2D eigenvalue weighted by atomic mass is 32.2. The van der Waals surface area contributed by atoms with E-state index in [-0.39, 0.29) is 34.6 Å². The van der Waals surface area contributed by atoms with Gasteiger partial charge in [-0.15, -0.1) is 9.73 Å². The Morgan fingerprint density at radius 3 is 2.61 bits per heavy atom. The number of nitrogens with zero attached hydrogens (tertiary/aromatic N) is 4. The van der Waals surface area contributed by atoms with Crippen molar-refractivity contribution < 1.29 is 37.3 Å². The molecule has 2 fully saturated rings. The van der Waals surface area contributed by atoms with E-state index in [1.165, 1.54) is 37.5 Å². The van der Waals surface area contributed by atoms with Crippen molar-refractivity contribution in [2.24, 2.45) is 10.9 Å². The van der Waals surface area contributed by atoms with Crippen molar-refractivity contribution in [3.8, 4) is 0 Å². The third-order valence-corrected chi connectivity index (χ3v) is 12.5. The van der Waals surface area contributed by atoms with Crippen molar-refractivity contribution in [3.05, 3.63) is 147 Å². The van der Waals surface area contributed by atoms with Crippen LogP contribution < -0.4 is 19.8 Å². The molecule has 2 aromatic rings. The molecule has 3 N–H and O–H groups in total. The molecule has 8 rings (SSSR count). The molecule has 2 atom stereocenters. The van der Waals surface area contributed by atoms with Gasteiger partial charge in [0.15, 0.2) is 11.4 Å². The number of hydroxylamine groups is 1. The number of allylic oxidation sites excluding steroid dienone is 5. The molecule has 1 amide bonds. The molecule has 2 unspecified atom stereocenters. The Bertz CT molecular complexity index is 2710. The minimum absolute atomic E-state index is 0.0551. The van der Waals surface area contributed by atoms with Gasteiger partial charge in [0.1, 0.15) is 17.0 Å². The highest BCUT2D eigenvalue weighted by Crippen LogP contribution is 2.30. The second kappa shape index (κ2) is 19.5. The highest BCUT2D eigenvalue weighted by Gasteiger charge is 2.31. The van der Waals surface area contributed by atoms with E-state index in [0.717, 1.165) is 32.5 Å². The molecule has 0 aromatic heterocycles. The number of amides is 1. The molecule has 0 radical (unpaired) electrons. The van der Waals surface area contributed by atoms with E-state index in [1.54, 1.807) is 24.3 Å². The average molecular weight is 854 g/mol. The van der Waals surface area contributed by atoms with Crippen LogP contribution in [-0.4, -0.2) is 115 Å². The van der Waals surface area contributed by atoms with Crippen LogP contribution in [0.1, 0.15) is 24.3 Å². The third-order valence-electron chi connectivity index (χ3n) is 11.2. The van der Waals surface area contributed by atoms with Gasteiger partial charge < -0.3 is 24.4 Å². The number of quaternary nitrogens is 1. The zero-order valence-electron chi connectivity index (χ0n) is 34.6. The van der Waals surface area contributed by atoms with Crippen molar-refractivity contribution in [1.82, 2.24) is 19.2 Å². The lowest BCUT2D eigenvalue weighted by atomic mass is 9.89. The number of piperazine rings is 1. The number of anilines is 1. The van der Waals surface area contributed by atoms with Crippen LogP contribution in [-0.2, 0) is 33.9 Å². The number of fused-ring (bicyclic) bond motifs is 1. The van der Waals surface area contributed by atoms with Gasteiger partial charge in [-0.25, -0.2) is 18.0 Å². The van der Waals surface area contributed by atoms with E-state index in [1.807, 2.05) is 18.2 Å². The maximum Gasteiger partial charge on any atom is 0.443 e. The fraction of sp³-hybridized carbons (Fsp3) is 0.319. The maximum absolute atomic E-state index is 14.0. The van der Waals surface area contributed by atoms with Gasteiger partial charge in [-0.2, -0.15) is 0 Å². The Balaban J connectivity index is 1.03. The van der Waals surface area contributed by atoms with Crippen LogP contribution in [0.2, 0.25) is 0 Å². The molecule has 2 aliphatic carbocycles. The number of sulfonamides is 1. The summed E-state index contributed by atoms with van der Waals surface area (Å²) in [5.74, 6) is 5.88. The van der Waals surface area contributed by atoms with Gasteiger partial charge in [0, 0.05) is 94.8 Å². The predicted octanol–water partition coefficient (Wildman–Crippen LogP) is 2.90. The van der Waals surface area contributed by atoms with Crippen LogP contribution >= 0.6 is 0 Å².